The lowest BCUT2D eigenvalue weighted by Gasteiger charge is -1.99. The third kappa shape index (κ3) is 2.25. The van der Waals surface area contributed by atoms with Gasteiger partial charge in [-0.25, -0.2) is 0 Å². The van der Waals surface area contributed by atoms with Crippen molar-refractivity contribution in [3.8, 4) is 5.75 Å². The Morgan fingerprint density at radius 2 is 1.91 bits per heavy atom. The largest absolute Gasteiger partial charge is 0.497 e. The molecule has 58 valence electrons. The Hall–Kier alpha value is -0.995. The average Bonchev–Trinajstić information content (AvgIpc) is 2.07. The van der Waals surface area contributed by atoms with Gasteiger partial charge in [-0.05, 0) is 17.6 Å². The fourth-order valence-corrected chi connectivity index (χ4v) is 0.796. The van der Waals surface area contributed by atoms with E-state index in [9.17, 15) is 0 Å². The summed E-state index contributed by atoms with van der Waals surface area (Å²) in [7, 11) is 1.82. The molecule has 0 aliphatic carbocycles. The monoisotopic (exact) mass is 152 g/mol. The molecule has 0 unspecified atom stereocenters. The molecule has 1 aromatic rings. The third-order valence-electron chi connectivity index (χ3n) is 1.39. The number of methoxy groups -OCH3 is 1. The summed E-state index contributed by atoms with van der Waals surface area (Å²) in [5.74, 6) is 0.798. The van der Waals surface area contributed by atoms with E-state index in [2.05, 4.69) is 4.81 Å². The lowest BCUT2D eigenvalue weighted by molar-refractivity contribution is -0.135. The van der Waals surface area contributed by atoms with Gasteiger partial charge in [-0.15, -0.1) is 0 Å². The Kier molecular flexibility index (Phi) is 2.95. The van der Waals surface area contributed by atoms with Crippen molar-refractivity contribution in [2.75, 3.05) is 7.11 Å². The second kappa shape index (κ2) is 4.00. The fourth-order valence-electron chi connectivity index (χ4n) is 0.796. The first-order chi connectivity index (χ1) is 5.36. The third-order valence-corrected chi connectivity index (χ3v) is 1.39. The van der Waals surface area contributed by atoms with Gasteiger partial charge in [0.2, 0.25) is 0 Å². The highest BCUT2D eigenvalue weighted by molar-refractivity contribution is 6.46. The summed E-state index contributed by atoms with van der Waals surface area (Å²) < 4.78 is 4.94. The fraction of sp³-hybridized carbons (Fsp3) is 0.143. The minimum absolute atomic E-state index is 0.212. The quantitative estimate of drug-likeness (QED) is 0.381. The van der Waals surface area contributed by atoms with Gasteiger partial charge >= 0.3 is 7.48 Å². The number of rotatable bonds is 3. The molecule has 1 N–H and O–H groups in total. The van der Waals surface area contributed by atoms with Crippen LogP contribution < -0.4 is 10.2 Å². The molecule has 0 atom stereocenters. The summed E-state index contributed by atoms with van der Waals surface area (Å²) in [5.41, 5.74) is 0.910. The van der Waals surface area contributed by atoms with Crippen molar-refractivity contribution in [1.82, 2.24) is 0 Å². The van der Waals surface area contributed by atoms with Gasteiger partial charge in [0.1, 0.15) is 5.75 Å². The van der Waals surface area contributed by atoms with E-state index < -0.39 is 0 Å². The van der Waals surface area contributed by atoms with Gasteiger partial charge in [0.05, 0.1) is 7.11 Å². The maximum Gasteiger partial charge on any atom is 0.355 e. The van der Waals surface area contributed by atoms with Crippen molar-refractivity contribution in [1.29, 1.82) is 0 Å². The maximum absolute atomic E-state index is 8.11. The standard InChI is InChI=1S/C7H9BO3/c1-10-7-4-2-6(3-5-7)8-11-9/h2-5,8-9H,1H3. The first kappa shape index (κ1) is 8.10. The minimum atomic E-state index is 0.212. The molecule has 1 rings (SSSR count). The van der Waals surface area contributed by atoms with Gasteiger partial charge in [-0.1, -0.05) is 12.1 Å². The summed E-state index contributed by atoms with van der Waals surface area (Å²) in [6.45, 7) is 0. The SMILES string of the molecule is COc1ccc(BOO)cc1. The number of hydrogen-bond acceptors (Lipinski definition) is 3. The maximum atomic E-state index is 8.11. The Labute approximate surface area is 65.8 Å². The Bertz CT molecular complexity index is 209. The lowest BCUT2D eigenvalue weighted by Crippen LogP contribution is -2.15. The average molecular weight is 152 g/mol. The van der Waals surface area contributed by atoms with Gasteiger partial charge in [0.15, 0.2) is 0 Å². The molecular weight excluding hydrogens is 143 g/mol. The normalized spacial score (nSPS) is 9.27. The number of hydrogen-bond donors (Lipinski definition) is 1. The molecule has 0 heterocycles. The highest BCUT2D eigenvalue weighted by Crippen LogP contribution is 2.04. The van der Waals surface area contributed by atoms with Gasteiger partial charge in [-0.2, -0.15) is 0 Å². The molecule has 3 nitrogen and oxygen atoms in total. The van der Waals surface area contributed by atoms with Crippen molar-refractivity contribution < 1.29 is 14.8 Å². The molecule has 0 aromatic heterocycles. The lowest BCUT2D eigenvalue weighted by atomic mass is 9.89. The van der Waals surface area contributed by atoms with E-state index in [1.807, 2.05) is 24.3 Å². The van der Waals surface area contributed by atoms with Crippen LogP contribution in [0.2, 0.25) is 0 Å². The summed E-state index contributed by atoms with van der Waals surface area (Å²) >= 11 is 0. The van der Waals surface area contributed by atoms with Crippen molar-refractivity contribution in [2.24, 2.45) is 0 Å². The van der Waals surface area contributed by atoms with Crippen molar-refractivity contribution in [2.45, 2.75) is 0 Å². The van der Waals surface area contributed by atoms with Crippen molar-refractivity contribution >= 4 is 12.9 Å². The topological polar surface area (TPSA) is 38.7 Å². The van der Waals surface area contributed by atoms with Crippen LogP contribution >= 0.6 is 0 Å². The van der Waals surface area contributed by atoms with Gasteiger partial charge < -0.3 is 9.54 Å². The molecule has 0 aliphatic heterocycles. The van der Waals surface area contributed by atoms with Crippen LogP contribution in [-0.2, 0) is 4.81 Å². The van der Waals surface area contributed by atoms with Gasteiger partial charge in [0, 0.05) is 0 Å². The molecular formula is C7H9BO3. The second-order valence-electron chi connectivity index (χ2n) is 2.12. The summed E-state index contributed by atoms with van der Waals surface area (Å²) in [4.78, 5) is 3.96. The first-order valence-electron chi connectivity index (χ1n) is 3.26. The molecule has 0 spiro atoms. The summed E-state index contributed by atoms with van der Waals surface area (Å²) in [5, 5.41) is 8.11. The van der Waals surface area contributed by atoms with Crippen molar-refractivity contribution in [3.05, 3.63) is 24.3 Å². The van der Waals surface area contributed by atoms with E-state index in [1.165, 1.54) is 0 Å². The van der Waals surface area contributed by atoms with Crippen LogP contribution in [0, 0.1) is 0 Å². The molecule has 0 radical (unpaired) electrons. The van der Waals surface area contributed by atoms with Crippen LogP contribution in [0.1, 0.15) is 0 Å². The molecule has 0 amide bonds. The zero-order valence-corrected chi connectivity index (χ0v) is 6.28. The Morgan fingerprint density at radius 3 is 2.36 bits per heavy atom. The molecule has 4 heteroatoms. The minimum Gasteiger partial charge on any atom is -0.497 e. The molecule has 1 aromatic carbocycles. The molecule has 0 saturated carbocycles. The van der Waals surface area contributed by atoms with E-state index in [0.29, 0.717) is 0 Å². The van der Waals surface area contributed by atoms with Crippen LogP contribution in [0.4, 0.5) is 0 Å². The predicted molar refractivity (Wildman–Crippen MR) is 43.5 cm³/mol. The van der Waals surface area contributed by atoms with Gasteiger partial charge in [0.25, 0.3) is 0 Å². The summed E-state index contributed by atoms with van der Waals surface area (Å²) in [6, 6.07) is 7.28. The molecule has 0 bridgehead atoms. The highest BCUT2D eigenvalue weighted by Gasteiger charge is 1.95. The molecule has 0 aliphatic rings. The smallest absolute Gasteiger partial charge is 0.355 e. The van der Waals surface area contributed by atoms with E-state index in [4.69, 9.17) is 9.99 Å². The van der Waals surface area contributed by atoms with Crippen LogP contribution in [0.5, 0.6) is 5.75 Å². The van der Waals surface area contributed by atoms with E-state index in [-0.39, 0.29) is 7.48 Å². The number of benzene rings is 1. The predicted octanol–water partition coefficient (Wildman–Crippen LogP) is 0.162. The van der Waals surface area contributed by atoms with E-state index >= 15 is 0 Å². The highest BCUT2D eigenvalue weighted by atomic mass is 17.1. The van der Waals surface area contributed by atoms with Crippen LogP contribution in [0.25, 0.3) is 0 Å². The molecule has 0 fully saturated rings. The van der Waals surface area contributed by atoms with Gasteiger partial charge in [-0.3, -0.25) is 5.26 Å². The Morgan fingerprint density at radius 1 is 1.27 bits per heavy atom. The van der Waals surface area contributed by atoms with E-state index in [0.717, 1.165) is 11.2 Å². The van der Waals surface area contributed by atoms with Crippen molar-refractivity contribution in [3.63, 3.8) is 0 Å². The van der Waals surface area contributed by atoms with E-state index in [1.54, 1.807) is 7.11 Å². The molecule has 0 saturated heterocycles. The number of ether oxygens (including phenoxy) is 1. The van der Waals surface area contributed by atoms with Crippen LogP contribution in [-0.4, -0.2) is 19.8 Å². The Balaban J connectivity index is 2.66. The molecule has 11 heavy (non-hydrogen) atoms. The zero-order valence-electron chi connectivity index (χ0n) is 6.28. The summed E-state index contributed by atoms with van der Waals surface area (Å²) in [6.07, 6.45) is 0. The van der Waals surface area contributed by atoms with Crippen LogP contribution in [0.15, 0.2) is 24.3 Å². The first-order valence-corrected chi connectivity index (χ1v) is 3.26. The zero-order chi connectivity index (χ0) is 8.10. The second-order valence-corrected chi connectivity index (χ2v) is 2.12. The van der Waals surface area contributed by atoms with Crippen LogP contribution in [0.3, 0.4) is 0 Å².